The van der Waals surface area contributed by atoms with Gasteiger partial charge >= 0.3 is 0 Å². The molecule has 4 rings (SSSR count). The predicted molar refractivity (Wildman–Crippen MR) is 97.8 cm³/mol. The van der Waals surface area contributed by atoms with Gasteiger partial charge in [-0.1, -0.05) is 6.07 Å². The minimum absolute atomic E-state index is 0.279. The van der Waals surface area contributed by atoms with Gasteiger partial charge in [0.25, 0.3) is 5.91 Å². The molecule has 0 spiro atoms. The van der Waals surface area contributed by atoms with Crippen LogP contribution in [0.25, 0.3) is 16.8 Å². The Morgan fingerprint density at radius 1 is 1.33 bits per heavy atom. The summed E-state index contributed by atoms with van der Waals surface area (Å²) in [6.07, 6.45) is 4.66. The fourth-order valence-electron chi connectivity index (χ4n) is 2.90. The van der Waals surface area contributed by atoms with Gasteiger partial charge in [0, 0.05) is 35.3 Å². The van der Waals surface area contributed by atoms with E-state index in [1.807, 2.05) is 25.1 Å². The molecule has 4 aromatic rings. The number of nitrogens with zero attached hydrogens (tertiary/aromatic N) is 4. The normalized spacial score (nSPS) is 10.9. The van der Waals surface area contributed by atoms with E-state index in [1.54, 1.807) is 36.4 Å². The van der Waals surface area contributed by atoms with Crippen molar-refractivity contribution >= 4 is 16.9 Å². The number of carbonyl (C=O) groups is 1. The SMILES string of the molecule is COc1ccc2c(C)c(C(=O)NCc3cccnc3-n3cncn3)oc2c1. The van der Waals surface area contributed by atoms with Crippen molar-refractivity contribution in [2.24, 2.45) is 0 Å². The molecule has 3 heterocycles. The van der Waals surface area contributed by atoms with Gasteiger partial charge in [0.2, 0.25) is 0 Å². The lowest BCUT2D eigenvalue weighted by atomic mass is 10.1. The number of methoxy groups -OCH3 is 1. The van der Waals surface area contributed by atoms with Crippen molar-refractivity contribution in [3.63, 3.8) is 0 Å². The first kappa shape index (κ1) is 16.8. The third kappa shape index (κ3) is 3.12. The molecule has 136 valence electrons. The van der Waals surface area contributed by atoms with Crippen LogP contribution in [0.3, 0.4) is 0 Å². The van der Waals surface area contributed by atoms with Gasteiger partial charge in [-0.05, 0) is 25.1 Å². The van der Waals surface area contributed by atoms with Gasteiger partial charge in [-0.25, -0.2) is 14.6 Å². The zero-order chi connectivity index (χ0) is 18.8. The average molecular weight is 363 g/mol. The fourth-order valence-corrected chi connectivity index (χ4v) is 2.90. The molecule has 0 aliphatic rings. The number of hydrogen-bond acceptors (Lipinski definition) is 6. The molecule has 27 heavy (non-hydrogen) atoms. The Morgan fingerprint density at radius 2 is 2.22 bits per heavy atom. The molecular formula is C19H17N5O3. The molecular weight excluding hydrogens is 346 g/mol. The highest BCUT2D eigenvalue weighted by Gasteiger charge is 2.18. The van der Waals surface area contributed by atoms with Crippen LogP contribution < -0.4 is 10.1 Å². The maximum Gasteiger partial charge on any atom is 0.287 e. The standard InChI is InChI=1S/C19H17N5O3/c1-12-15-6-5-14(26-2)8-16(15)27-17(12)19(25)22-9-13-4-3-7-21-18(13)24-11-20-10-23-24/h3-8,10-11H,9H2,1-2H3,(H,22,25). The Bertz CT molecular complexity index is 1100. The van der Waals surface area contributed by atoms with Crippen molar-refractivity contribution in [1.29, 1.82) is 0 Å². The minimum atomic E-state index is -0.295. The van der Waals surface area contributed by atoms with Crippen molar-refractivity contribution in [1.82, 2.24) is 25.1 Å². The summed E-state index contributed by atoms with van der Waals surface area (Å²) in [6, 6.07) is 9.17. The average Bonchev–Trinajstić information content (AvgIpc) is 3.34. The highest BCUT2D eigenvalue weighted by atomic mass is 16.5. The third-order valence-electron chi connectivity index (χ3n) is 4.29. The van der Waals surface area contributed by atoms with Crippen molar-refractivity contribution in [3.05, 3.63) is 66.1 Å². The van der Waals surface area contributed by atoms with E-state index in [1.165, 1.54) is 6.33 Å². The van der Waals surface area contributed by atoms with Crippen LogP contribution in [0.2, 0.25) is 0 Å². The molecule has 0 aliphatic heterocycles. The molecule has 0 fully saturated rings. The molecule has 0 atom stereocenters. The molecule has 0 aliphatic carbocycles. The van der Waals surface area contributed by atoms with E-state index in [-0.39, 0.29) is 18.2 Å². The Kier molecular flexibility index (Phi) is 4.29. The van der Waals surface area contributed by atoms with Crippen LogP contribution in [0.4, 0.5) is 0 Å². The van der Waals surface area contributed by atoms with E-state index < -0.39 is 0 Å². The molecule has 0 saturated carbocycles. The summed E-state index contributed by atoms with van der Waals surface area (Å²) in [5.41, 5.74) is 2.21. The summed E-state index contributed by atoms with van der Waals surface area (Å²) in [7, 11) is 1.59. The molecule has 0 radical (unpaired) electrons. The smallest absolute Gasteiger partial charge is 0.287 e. The Balaban J connectivity index is 1.57. The van der Waals surface area contributed by atoms with Crippen LogP contribution in [0.1, 0.15) is 21.7 Å². The molecule has 0 unspecified atom stereocenters. The highest BCUT2D eigenvalue weighted by Crippen LogP contribution is 2.28. The highest BCUT2D eigenvalue weighted by molar-refractivity contribution is 5.99. The van der Waals surface area contributed by atoms with E-state index in [4.69, 9.17) is 9.15 Å². The topological polar surface area (TPSA) is 95.1 Å². The number of pyridine rings is 1. The molecule has 3 aromatic heterocycles. The van der Waals surface area contributed by atoms with Gasteiger partial charge < -0.3 is 14.5 Å². The lowest BCUT2D eigenvalue weighted by Gasteiger charge is -2.08. The summed E-state index contributed by atoms with van der Waals surface area (Å²) in [6.45, 7) is 2.14. The molecule has 0 saturated heterocycles. The second-order valence-electron chi connectivity index (χ2n) is 5.93. The summed E-state index contributed by atoms with van der Waals surface area (Å²) in [5, 5.41) is 7.85. The first-order valence-electron chi connectivity index (χ1n) is 8.31. The zero-order valence-corrected chi connectivity index (χ0v) is 14.8. The molecule has 1 N–H and O–H groups in total. The van der Waals surface area contributed by atoms with Crippen LogP contribution in [0.15, 0.2) is 53.6 Å². The summed E-state index contributed by atoms with van der Waals surface area (Å²) in [5.74, 6) is 1.28. The van der Waals surface area contributed by atoms with Gasteiger partial charge in [-0.3, -0.25) is 4.79 Å². The van der Waals surface area contributed by atoms with E-state index in [9.17, 15) is 4.79 Å². The largest absolute Gasteiger partial charge is 0.497 e. The number of ether oxygens (including phenoxy) is 1. The van der Waals surface area contributed by atoms with Gasteiger partial charge in [-0.15, -0.1) is 0 Å². The van der Waals surface area contributed by atoms with Crippen LogP contribution in [0.5, 0.6) is 5.75 Å². The Labute approximate surface area is 154 Å². The van der Waals surface area contributed by atoms with Crippen LogP contribution >= 0.6 is 0 Å². The molecule has 8 heteroatoms. The van der Waals surface area contributed by atoms with Gasteiger partial charge in [0.1, 0.15) is 24.0 Å². The van der Waals surface area contributed by atoms with Crippen LogP contribution in [-0.4, -0.2) is 32.8 Å². The molecule has 1 aromatic carbocycles. The van der Waals surface area contributed by atoms with Crippen molar-refractivity contribution < 1.29 is 13.9 Å². The monoisotopic (exact) mass is 363 g/mol. The zero-order valence-electron chi connectivity index (χ0n) is 14.8. The minimum Gasteiger partial charge on any atom is -0.497 e. The summed E-state index contributed by atoms with van der Waals surface area (Å²) < 4.78 is 12.5. The molecule has 0 bridgehead atoms. The number of nitrogens with one attached hydrogen (secondary N) is 1. The lowest BCUT2D eigenvalue weighted by Crippen LogP contribution is -2.24. The van der Waals surface area contributed by atoms with Gasteiger partial charge in [0.05, 0.1) is 7.11 Å². The number of carbonyl (C=O) groups excluding carboxylic acids is 1. The first-order valence-corrected chi connectivity index (χ1v) is 8.31. The molecule has 1 amide bonds. The second kappa shape index (κ2) is 6.91. The maximum atomic E-state index is 12.7. The Morgan fingerprint density at radius 3 is 3.00 bits per heavy atom. The number of aryl methyl sites for hydroxylation is 1. The second-order valence-corrected chi connectivity index (χ2v) is 5.93. The maximum absolute atomic E-state index is 12.7. The summed E-state index contributed by atoms with van der Waals surface area (Å²) >= 11 is 0. The number of benzene rings is 1. The van der Waals surface area contributed by atoms with Gasteiger partial charge in [-0.2, -0.15) is 5.10 Å². The van der Waals surface area contributed by atoms with Crippen molar-refractivity contribution in [2.75, 3.05) is 7.11 Å². The summed E-state index contributed by atoms with van der Waals surface area (Å²) in [4.78, 5) is 20.9. The number of rotatable bonds is 5. The van der Waals surface area contributed by atoms with E-state index in [2.05, 4.69) is 20.4 Å². The number of fused-ring (bicyclic) bond motifs is 1. The number of hydrogen-bond donors (Lipinski definition) is 1. The number of aromatic nitrogens is 4. The fraction of sp³-hybridized carbons (Fsp3) is 0.158. The van der Waals surface area contributed by atoms with Crippen molar-refractivity contribution in [2.45, 2.75) is 13.5 Å². The number of furan rings is 1. The Hall–Kier alpha value is -3.68. The van der Waals surface area contributed by atoms with E-state index in [0.29, 0.717) is 17.2 Å². The lowest BCUT2D eigenvalue weighted by molar-refractivity contribution is 0.0924. The first-order chi connectivity index (χ1) is 13.2. The van der Waals surface area contributed by atoms with E-state index in [0.717, 1.165) is 16.5 Å². The third-order valence-corrected chi connectivity index (χ3v) is 4.29. The van der Waals surface area contributed by atoms with Gasteiger partial charge in [0.15, 0.2) is 11.6 Å². The van der Waals surface area contributed by atoms with Crippen LogP contribution in [-0.2, 0) is 6.54 Å². The quantitative estimate of drug-likeness (QED) is 0.586. The van der Waals surface area contributed by atoms with Crippen LogP contribution in [0, 0.1) is 6.92 Å². The molecule has 8 nitrogen and oxygen atoms in total. The number of amides is 1. The van der Waals surface area contributed by atoms with E-state index >= 15 is 0 Å². The predicted octanol–water partition coefficient (Wildman–Crippen LogP) is 2.66. The van der Waals surface area contributed by atoms with Crippen molar-refractivity contribution in [3.8, 4) is 11.6 Å².